The number of hydrogen-bond acceptors (Lipinski definition) is 4. The first-order chi connectivity index (χ1) is 12.0. The summed E-state index contributed by atoms with van der Waals surface area (Å²) < 4.78 is 5.12. The zero-order valence-electron chi connectivity index (χ0n) is 13.2. The first-order valence-electron chi connectivity index (χ1n) is 7.30. The first-order valence-corrected chi connectivity index (χ1v) is 7.68. The molecule has 1 N–H and O–H groups in total. The Morgan fingerprint density at radius 2 is 1.80 bits per heavy atom. The minimum absolute atomic E-state index is 0.150. The van der Waals surface area contributed by atoms with Gasteiger partial charge in [0.05, 0.1) is 12.8 Å². The van der Waals surface area contributed by atoms with Gasteiger partial charge in [0.15, 0.2) is 0 Å². The number of halogens is 1. The third-order valence-electron chi connectivity index (χ3n) is 3.59. The number of ether oxygens (including phenoxy) is 1. The van der Waals surface area contributed by atoms with E-state index < -0.39 is 17.8 Å². The van der Waals surface area contributed by atoms with E-state index in [-0.39, 0.29) is 5.57 Å². The summed E-state index contributed by atoms with van der Waals surface area (Å²) >= 11 is 5.83. The summed E-state index contributed by atoms with van der Waals surface area (Å²) in [5, 5.41) is 2.64. The average molecular weight is 357 g/mol. The van der Waals surface area contributed by atoms with Crippen LogP contribution in [0.2, 0.25) is 5.02 Å². The Hall–Kier alpha value is -3.12. The Morgan fingerprint density at radius 3 is 2.48 bits per heavy atom. The fraction of sp³-hybridized carbons (Fsp3) is 0.0556. The molecule has 0 bridgehead atoms. The molecule has 6 nitrogen and oxygen atoms in total. The highest BCUT2D eigenvalue weighted by atomic mass is 35.5. The molecular weight excluding hydrogens is 344 g/mol. The number of rotatable bonds is 3. The number of benzene rings is 2. The number of carbonyl (C=O) groups is 3. The zero-order chi connectivity index (χ0) is 18.0. The molecule has 1 saturated heterocycles. The molecule has 25 heavy (non-hydrogen) atoms. The van der Waals surface area contributed by atoms with Gasteiger partial charge in [0.25, 0.3) is 11.8 Å². The lowest BCUT2D eigenvalue weighted by Crippen LogP contribution is -2.54. The molecule has 4 amide bonds. The predicted octanol–water partition coefficient (Wildman–Crippen LogP) is 3.02. The van der Waals surface area contributed by atoms with Crippen LogP contribution >= 0.6 is 11.6 Å². The summed E-state index contributed by atoms with van der Waals surface area (Å²) in [6.07, 6.45) is 1.41. The zero-order valence-corrected chi connectivity index (χ0v) is 13.9. The maximum atomic E-state index is 12.7. The van der Waals surface area contributed by atoms with Crippen molar-refractivity contribution >= 4 is 41.2 Å². The van der Waals surface area contributed by atoms with Gasteiger partial charge in [-0.25, -0.2) is 9.69 Å². The highest BCUT2D eigenvalue weighted by Crippen LogP contribution is 2.24. The Bertz CT molecular complexity index is 890. The van der Waals surface area contributed by atoms with Crippen molar-refractivity contribution in [2.75, 3.05) is 12.0 Å². The fourth-order valence-corrected chi connectivity index (χ4v) is 2.51. The summed E-state index contributed by atoms with van der Waals surface area (Å²) in [5.74, 6) is -0.870. The maximum absolute atomic E-state index is 12.7. The molecule has 1 heterocycles. The van der Waals surface area contributed by atoms with Crippen LogP contribution < -0.4 is 15.0 Å². The number of nitrogens with one attached hydrogen (secondary N) is 1. The van der Waals surface area contributed by atoms with Crippen LogP contribution in [-0.2, 0) is 9.59 Å². The van der Waals surface area contributed by atoms with Gasteiger partial charge >= 0.3 is 6.03 Å². The van der Waals surface area contributed by atoms with E-state index in [1.165, 1.54) is 25.3 Å². The standard InChI is InChI=1S/C18H13ClN2O4/c1-25-14-4-2-3-11(9-14)10-15-16(22)20-18(24)21(17(15)23)13-7-5-12(19)6-8-13/h2-10H,1H3,(H,20,22,24)/b15-10-. The van der Waals surface area contributed by atoms with Gasteiger partial charge in [0.1, 0.15) is 11.3 Å². The van der Waals surface area contributed by atoms with E-state index in [2.05, 4.69) is 5.32 Å². The average Bonchev–Trinajstić information content (AvgIpc) is 2.60. The molecule has 0 spiro atoms. The molecule has 7 heteroatoms. The lowest BCUT2D eigenvalue weighted by Gasteiger charge is -2.26. The fourth-order valence-electron chi connectivity index (χ4n) is 2.38. The van der Waals surface area contributed by atoms with Gasteiger partial charge in [-0.15, -0.1) is 0 Å². The number of imide groups is 2. The van der Waals surface area contributed by atoms with Crippen molar-refractivity contribution in [3.8, 4) is 5.75 Å². The number of nitrogens with zero attached hydrogens (tertiary/aromatic N) is 1. The topological polar surface area (TPSA) is 75.7 Å². The third-order valence-corrected chi connectivity index (χ3v) is 3.84. The monoisotopic (exact) mass is 356 g/mol. The summed E-state index contributed by atoms with van der Waals surface area (Å²) in [6, 6.07) is 12.2. The summed E-state index contributed by atoms with van der Waals surface area (Å²) in [5.41, 5.74) is 0.766. The van der Waals surface area contributed by atoms with Crippen molar-refractivity contribution < 1.29 is 19.1 Å². The van der Waals surface area contributed by atoms with E-state index in [0.29, 0.717) is 22.0 Å². The molecule has 1 fully saturated rings. The molecule has 0 unspecified atom stereocenters. The number of methoxy groups -OCH3 is 1. The molecule has 1 aliphatic heterocycles. The van der Waals surface area contributed by atoms with Crippen LogP contribution in [0.1, 0.15) is 5.56 Å². The minimum Gasteiger partial charge on any atom is -0.497 e. The van der Waals surface area contributed by atoms with Gasteiger partial charge in [-0.05, 0) is 48.0 Å². The van der Waals surface area contributed by atoms with Crippen LogP contribution in [0.5, 0.6) is 5.75 Å². The highest BCUT2D eigenvalue weighted by Gasteiger charge is 2.36. The molecule has 2 aromatic rings. The van der Waals surface area contributed by atoms with Crippen molar-refractivity contribution in [2.45, 2.75) is 0 Å². The molecular formula is C18H13ClN2O4. The molecule has 1 aliphatic rings. The van der Waals surface area contributed by atoms with E-state index in [9.17, 15) is 14.4 Å². The van der Waals surface area contributed by atoms with E-state index in [0.717, 1.165) is 4.90 Å². The van der Waals surface area contributed by atoms with Crippen LogP contribution in [0.3, 0.4) is 0 Å². The number of hydrogen-bond donors (Lipinski definition) is 1. The van der Waals surface area contributed by atoms with Crippen molar-refractivity contribution in [1.29, 1.82) is 0 Å². The van der Waals surface area contributed by atoms with Crippen molar-refractivity contribution in [3.05, 3.63) is 64.7 Å². The molecule has 0 saturated carbocycles. The van der Waals surface area contributed by atoms with Crippen molar-refractivity contribution in [2.24, 2.45) is 0 Å². The lowest BCUT2D eigenvalue weighted by molar-refractivity contribution is -0.122. The molecule has 2 aromatic carbocycles. The smallest absolute Gasteiger partial charge is 0.335 e. The highest BCUT2D eigenvalue weighted by molar-refractivity contribution is 6.39. The number of anilines is 1. The van der Waals surface area contributed by atoms with E-state index in [4.69, 9.17) is 16.3 Å². The van der Waals surface area contributed by atoms with E-state index in [1.807, 2.05) is 0 Å². The Kier molecular flexibility index (Phi) is 4.54. The lowest BCUT2D eigenvalue weighted by atomic mass is 10.1. The molecule has 3 rings (SSSR count). The molecule has 0 radical (unpaired) electrons. The normalized spacial score (nSPS) is 16.2. The van der Waals surface area contributed by atoms with Crippen molar-refractivity contribution in [1.82, 2.24) is 5.32 Å². The van der Waals surface area contributed by atoms with Gasteiger partial charge in [0, 0.05) is 5.02 Å². The molecule has 126 valence electrons. The second-order valence-electron chi connectivity index (χ2n) is 5.21. The summed E-state index contributed by atoms with van der Waals surface area (Å²) in [6.45, 7) is 0. The van der Waals surface area contributed by atoms with E-state index in [1.54, 1.807) is 36.4 Å². The summed E-state index contributed by atoms with van der Waals surface area (Å²) in [7, 11) is 1.52. The quantitative estimate of drug-likeness (QED) is 0.677. The SMILES string of the molecule is COc1cccc(/C=C2/C(=O)NC(=O)N(c3ccc(Cl)cc3)C2=O)c1. The predicted molar refractivity (Wildman–Crippen MR) is 93.4 cm³/mol. The van der Waals surface area contributed by atoms with Gasteiger partial charge in [-0.2, -0.15) is 0 Å². The number of barbiturate groups is 1. The Balaban J connectivity index is 2.00. The first kappa shape index (κ1) is 16.7. The number of urea groups is 1. The van der Waals surface area contributed by atoms with Crippen LogP contribution in [0.25, 0.3) is 6.08 Å². The Labute approximate surface area is 148 Å². The van der Waals surface area contributed by atoms with Gasteiger partial charge in [-0.3, -0.25) is 14.9 Å². The second kappa shape index (κ2) is 6.78. The van der Waals surface area contributed by atoms with Gasteiger partial charge in [0.2, 0.25) is 0 Å². The van der Waals surface area contributed by atoms with Crippen LogP contribution in [0.15, 0.2) is 54.1 Å². The number of amides is 4. The van der Waals surface area contributed by atoms with Gasteiger partial charge < -0.3 is 4.74 Å². The van der Waals surface area contributed by atoms with Crippen LogP contribution in [-0.4, -0.2) is 25.0 Å². The number of carbonyl (C=O) groups excluding carboxylic acids is 3. The molecule has 0 aromatic heterocycles. The second-order valence-corrected chi connectivity index (χ2v) is 5.65. The van der Waals surface area contributed by atoms with Crippen LogP contribution in [0, 0.1) is 0 Å². The maximum Gasteiger partial charge on any atom is 0.335 e. The van der Waals surface area contributed by atoms with Gasteiger partial charge in [-0.1, -0.05) is 23.7 Å². The molecule has 0 aliphatic carbocycles. The molecule has 0 atom stereocenters. The van der Waals surface area contributed by atoms with E-state index >= 15 is 0 Å². The van der Waals surface area contributed by atoms with Crippen molar-refractivity contribution in [3.63, 3.8) is 0 Å². The summed E-state index contributed by atoms with van der Waals surface area (Å²) in [4.78, 5) is 37.8. The third kappa shape index (κ3) is 3.39. The Morgan fingerprint density at radius 1 is 1.08 bits per heavy atom. The largest absolute Gasteiger partial charge is 0.497 e. The van der Waals surface area contributed by atoms with Crippen LogP contribution in [0.4, 0.5) is 10.5 Å². The minimum atomic E-state index is -0.805.